The highest BCUT2D eigenvalue weighted by Gasteiger charge is 2.11. The molecule has 0 radical (unpaired) electrons. The van der Waals surface area contributed by atoms with Gasteiger partial charge in [0.05, 0.1) is 6.10 Å². The average molecular weight is 191 g/mol. The molecule has 1 aliphatic heterocycles. The molecule has 0 amide bonds. The predicted octanol–water partition coefficient (Wildman–Crippen LogP) is 2.34. The molecule has 1 atom stereocenters. The molecule has 2 heteroatoms. The zero-order valence-electron chi connectivity index (χ0n) is 8.61. The third-order valence-corrected chi connectivity index (χ3v) is 2.85. The summed E-state index contributed by atoms with van der Waals surface area (Å²) >= 11 is 0. The predicted molar refractivity (Wildman–Crippen MR) is 58.5 cm³/mol. The molecule has 1 saturated heterocycles. The Morgan fingerprint density at radius 3 is 2.21 bits per heavy atom. The average Bonchev–Trinajstić information content (AvgIpc) is 2.71. The molecule has 1 N–H and O–H groups in total. The van der Waals surface area contributed by atoms with Gasteiger partial charge in [-0.15, -0.1) is 0 Å². The van der Waals surface area contributed by atoms with E-state index in [9.17, 15) is 5.11 Å². The molecule has 1 aromatic rings. The minimum Gasteiger partial charge on any atom is -0.389 e. The molecule has 0 aliphatic carbocycles. The second-order valence-corrected chi connectivity index (χ2v) is 3.96. The molecule has 1 heterocycles. The first-order valence-electron chi connectivity index (χ1n) is 5.30. The van der Waals surface area contributed by atoms with Crippen LogP contribution >= 0.6 is 0 Å². The largest absolute Gasteiger partial charge is 0.389 e. The van der Waals surface area contributed by atoms with Crippen LogP contribution in [0, 0.1) is 0 Å². The van der Waals surface area contributed by atoms with Crippen molar-refractivity contribution in [2.45, 2.75) is 25.9 Å². The van der Waals surface area contributed by atoms with Gasteiger partial charge in [0.25, 0.3) is 0 Å². The van der Waals surface area contributed by atoms with Crippen LogP contribution in [0.25, 0.3) is 0 Å². The van der Waals surface area contributed by atoms with Crippen molar-refractivity contribution in [2.24, 2.45) is 0 Å². The summed E-state index contributed by atoms with van der Waals surface area (Å²) in [5.74, 6) is 0. The molecule has 14 heavy (non-hydrogen) atoms. The van der Waals surface area contributed by atoms with Crippen molar-refractivity contribution < 1.29 is 5.11 Å². The van der Waals surface area contributed by atoms with Crippen molar-refractivity contribution in [3.63, 3.8) is 0 Å². The maximum atomic E-state index is 9.37. The lowest BCUT2D eigenvalue weighted by atomic mass is 10.1. The van der Waals surface area contributed by atoms with Gasteiger partial charge in [0.2, 0.25) is 0 Å². The van der Waals surface area contributed by atoms with E-state index in [0.717, 1.165) is 5.56 Å². The van der Waals surface area contributed by atoms with Crippen molar-refractivity contribution in [1.82, 2.24) is 0 Å². The number of hydrogen-bond donors (Lipinski definition) is 1. The molecule has 0 aromatic heterocycles. The molecule has 2 rings (SSSR count). The lowest BCUT2D eigenvalue weighted by molar-refractivity contribution is 0.199. The highest BCUT2D eigenvalue weighted by atomic mass is 16.3. The number of rotatable bonds is 2. The first-order chi connectivity index (χ1) is 6.77. The van der Waals surface area contributed by atoms with Crippen LogP contribution in [0.5, 0.6) is 0 Å². The van der Waals surface area contributed by atoms with E-state index in [-0.39, 0.29) is 6.10 Å². The smallest absolute Gasteiger partial charge is 0.0761 e. The first-order valence-corrected chi connectivity index (χ1v) is 5.30. The Bertz CT molecular complexity index is 286. The zero-order chi connectivity index (χ0) is 9.97. The molecule has 1 aliphatic rings. The first kappa shape index (κ1) is 9.53. The van der Waals surface area contributed by atoms with Crippen molar-refractivity contribution in [3.05, 3.63) is 29.8 Å². The summed E-state index contributed by atoms with van der Waals surface area (Å²) in [7, 11) is 0. The van der Waals surface area contributed by atoms with E-state index in [0.29, 0.717) is 0 Å². The minimum atomic E-state index is -0.359. The van der Waals surface area contributed by atoms with E-state index in [2.05, 4.69) is 17.0 Å². The Morgan fingerprint density at radius 1 is 1.14 bits per heavy atom. The standard InChI is InChI=1S/C12H17NO/c1-10(14)11-4-6-12(7-5-11)13-8-2-3-9-13/h4-7,10,14H,2-3,8-9H2,1H3/t10-/m0/s1. The second kappa shape index (κ2) is 4.01. The van der Waals surface area contributed by atoms with E-state index >= 15 is 0 Å². The van der Waals surface area contributed by atoms with Crippen molar-refractivity contribution in [3.8, 4) is 0 Å². The second-order valence-electron chi connectivity index (χ2n) is 3.96. The van der Waals surface area contributed by atoms with Gasteiger partial charge in [-0.05, 0) is 37.5 Å². The van der Waals surface area contributed by atoms with Crippen LogP contribution in [0.15, 0.2) is 24.3 Å². The van der Waals surface area contributed by atoms with E-state index in [4.69, 9.17) is 0 Å². The van der Waals surface area contributed by atoms with Crippen molar-refractivity contribution in [2.75, 3.05) is 18.0 Å². The van der Waals surface area contributed by atoms with Crippen LogP contribution in [-0.4, -0.2) is 18.2 Å². The Kier molecular flexibility index (Phi) is 2.73. The van der Waals surface area contributed by atoms with Crippen LogP contribution < -0.4 is 4.90 Å². The Morgan fingerprint density at radius 2 is 1.71 bits per heavy atom. The number of anilines is 1. The Hall–Kier alpha value is -1.02. The SMILES string of the molecule is C[C@H](O)c1ccc(N2CCCC2)cc1. The Balaban J connectivity index is 2.12. The third kappa shape index (κ3) is 1.90. The number of aliphatic hydroxyl groups excluding tert-OH is 1. The van der Waals surface area contributed by atoms with Crippen molar-refractivity contribution >= 4 is 5.69 Å². The molecule has 0 bridgehead atoms. The van der Waals surface area contributed by atoms with Crippen LogP contribution in [0.2, 0.25) is 0 Å². The number of benzene rings is 1. The fourth-order valence-corrected chi connectivity index (χ4v) is 1.94. The van der Waals surface area contributed by atoms with Gasteiger partial charge in [0.1, 0.15) is 0 Å². The number of hydrogen-bond acceptors (Lipinski definition) is 2. The van der Waals surface area contributed by atoms with Crippen LogP contribution in [0.1, 0.15) is 31.4 Å². The van der Waals surface area contributed by atoms with Gasteiger partial charge in [0, 0.05) is 18.8 Å². The van der Waals surface area contributed by atoms with Gasteiger partial charge in [0.15, 0.2) is 0 Å². The molecular formula is C12H17NO. The van der Waals surface area contributed by atoms with Gasteiger partial charge in [-0.3, -0.25) is 0 Å². The van der Waals surface area contributed by atoms with Crippen molar-refractivity contribution in [1.29, 1.82) is 0 Å². The van der Waals surface area contributed by atoms with Crippen LogP contribution in [-0.2, 0) is 0 Å². The topological polar surface area (TPSA) is 23.5 Å². The highest BCUT2D eigenvalue weighted by molar-refractivity contribution is 5.48. The molecule has 1 fully saturated rings. The Labute approximate surface area is 85.2 Å². The molecule has 0 unspecified atom stereocenters. The highest BCUT2D eigenvalue weighted by Crippen LogP contribution is 2.22. The molecular weight excluding hydrogens is 174 g/mol. The molecule has 0 saturated carbocycles. The van der Waals surface area contributed by atoms with Crippen LogP contribution in [0.3, 0.4) is 0 Å². The summed E-state index contributed by atoms with van der Waals surface area (Å²) in [6, 6.07) is 8.23. The maximum Gasteiger partial charge on any atom is 0.0761 e. The number of aliphatic hydroxyl groups is 1. The lowest BCUT2D eigenvalue weighted by Crippen LogP contribution is -2.17. The van der Waals surface area contributed by atoms with Gasteiger partial charge >= 0.3 is 0 Å². The molecule has 1 aromatic carbocycles. The summed E-state index contributed by atoms with van der Waals surface area (Å²) in [4.78, 5) is 2.39. The van der Waals surface area contributed by atoms with Gasteiger partial charge in [-0.25, -0.2) is 0 Å². The van der Waals surface area contributed by atoms with Gasteiger partial charge < -0.3 is 10.0 Å². The number of nitrogens with zero attached hydrogens (tertiary/aromatic N) is 1. The van der Waals surface area contributed by atoms with Crippen LogP contribution in [0.4, 0.5) is 5.69 Å². The molecule has 76 valence electrons. The van der Waals surface area contributed by atoms with Gasteiger partial charge in [-0.1, -0.05) is 12.1 Å². The fourth-order valence-electron chi connectivity index (χ4n) is 1.94. The maximum absolute atomic E-state index is 9.37. The summed E-state index contributed by atoms with van der Waals surface area (Å²) in [5.41, 5.74) is 2.28. The van der Waals surface area contributed by atoms with Gasteiger partial charge in [-0.2, -0.15) is 0 Å². The summed E-state index contributed by atoms with van der Waals surface area (Å²) in [5, 5.41) is 9.37. The summed E-state index contributed by atoms with van der Waals surface area (Å²) in [6.07, 6.45) is 2.25. The molecule has 2 nitrogen and oxygen atoms in total. The normalized spacial score (nSPS) is 18.6. The summed E-state index contributed by atoms with van der Waals surface area (Å²) in [6.45, 7) is 4.15. The monoisotopic (exact) mass is 191 g/mol. The molecule has 0 spiro atoms. The van der Waals surface area contributed by atoms with E-state index in [1.807, 2.05) is 12.1 Å². The minimum absolute atomic E-state index is 0.359. The summed E-state index contributed by atoms with van der Waals surface area (Å²) < 4.78 is 0. The fraction of sp³-hybridized carbons (Fsp3) is 0.500. The lowest BCUT2D eigenvalue weighted by Gasteiger charge is -2.18. The quantitative estimate of drug-likeness (QED) is 0.775. The van der Waals surface area contributed by atoms with E-state index < -0.39 is 0 Å². The zero-order valence-corrected chi connectivity index (χ0v) is 8.61. The third-order valence-electron chi connectivity index (χ3n) is 2.85. The van der Waals surface area contributed by atoms with E-state index in [1.165, 1.54) is 31.6 Å². The van der Waals surface area contributed by atoms with E-state index in [1.54, 1.807) is 6.92 Å².